The summed E-state index contributed by atoms with van der Waals surface area (Å²) < 4.78 is 12.2. The number of hydrogen-bond acceptors (Lipinski definition) is 8. The molecule has 9 nitrogen and oxygen atoms in total. The summed E-state index contributed by atoms with van der Waals surface area (Å²) in [5.41, 5.74) is 2.60. The maximum atomic E-state index is 13.9. The van der Waals surface area contributed by atoms with Crippen LogP contribution < -0.4 is 25.7 Å². The Hall–Kier alpha value is -3.83. The number of amides is 2. The van der Waals surface area contributed by atoms with Gasteiger partial charge in [0.2, 0.25) is 11.8 Å². The van der Waals surface area contributed by atoms with Gasteiger partial charge in [-0.15, -0.1) is 11.3 Å². The first kappa shape index (κ1) is 26.8. The van der Waals surface area contributed by atoms with E-state index >= 15 is 0 Å². The van der Waals surface area contributed by atoms with Crippen LogP contribution in [0.25, 0.3) is 15.9 Å². The Balaban J connectivity index is 1.47. The van der Waals surface area contributed by atoms with Gasteiger partial charge < -0.3 is 20.1 Å². The van der Waals surface area contributed by atoms with E-state index in [0.717, 1.165) is 31.2 Å². The first-order chi connectivity index (χ1) is 18.9. The number of ether oxygens (including phenoxy) is 2. The molecule has 11 heteroatoms. The number of aryl methyl sites for hydroxylation is 2. The first-order valence-corrected chi connectivity index (χ1v) is 14.3. The van der Waals surface area contributed by atoms with Gasteiger partial charge in [-0.2, -0.15) is 0 Å². The number of nitrogens with one attached hydrogen (secondary N) is 2. The second-order valence-electron chi connectivity index (χ2n) is 9.06. The number of aromatic nitrogens is 2. The van der Waals surface area contributed by atoms with Gasteiger partial charge in [0.15, 0.2) is 5.16 Å². The monoisotopic (exact) mass is 564 g/mol. The predicted octanol–water partition coefficient (Wildman–Crippen LogP) is 5.03. The molecule has 1 aliphatic carbocycles. The molecule has 39 heavy (non-hydrogen) atoms. The van der Waals surface area contributed by atoms with Gasteiger partial charge in [-0.05, 0) is 73.7 Å². The molecule has 0 spiro atoms. The number of rotatable bonds is 8. The quantitative estimate of drug-likeness (QED) is 0.228. The summed E-state index contributed by atoms with van der Waals surface area (Å²) in [6, 6.07) is 12.2. The van der Waals surface area contributed by atoms with E-state index in [1.165, 1.54) is 30.7 Å². The number of methoxy groups -OCH3 is 2. The molecule has 2 aromatic heterocycles. The second kappa shape index (κ2) is 11.5. The number of anilines is 2. The van der Waals surface area contributed by atoms with Crippen molar-refractivity contribution in [1.29, 1.82) is 0 Å². The SMILES string of the molecule is COc1ccc(-n2c(SCC(=O)Nc3cc(NC(C)=O)ccc3OC)nc3sc4c(c3c2=O)CCCC4)cc1. The summed E-state index contributed by atoms with van der Waals surface area (Å²) in [6.45, 7) is 1.41. The number of hydrogen-bond donors (Lipinski definition) is 2. The number of carbonyl (C=O) groups excluding carboxylic acids is 2. The van der Waals surface area contributed by atoms with Crippen LogP contribution in [0, 0.1) is 0 Å². The van der Waals surface area contributed by atoms with Gasteiger partial charge in [0.25, 0.3) is 5.56 Å². The molecule has 0 saturated heterocycles. The van der Waals surface area contributed by atoms with E-state index in [2.05, 4.69) is 10.6 Å². The Morgan fingerprint density at radius 2 is 1.82 bits per heavy atom. The molecule has 2 N–H and O–H groups in total. The van der Waals surface area contributed by atoms with Crippen molar-refractivity contribution >= 4 is 56.5 Å². The van der Waals surface area contributed by atoms with Crippen LogP contribution in [-0.4, -0.2) is 41.3 Å². The lowest BCUT2D eigenvalue weighted by molar-refractivity contribution is -0.114. The summed E-state index contributed by atoms with van der Waals surface area (Å²) in [5, 5.41) is 6.66. The average Bonchev–Trinajstić information content (AvgIpc) is 3.31. The Morgan fingerprint density at radius 1 is 1.05 bits per heavy atom. The zero-order chi connectivity index (χ0) is 27.5. The maximum Gasteiger partial charge on any atom is 0.267 e. The zero-order valence-electron chi connectivity index (χ0n) is 21.8. The fourth-order valence-electron chi connectivity index (χ4n) is 4.65. The van der Waals surface area contributed by atoms with Crippen molar-refractivity contribution in [3.8, 4) is 17.2 Å². The summed E-state index contributed by atoms with van der Waals surface area (Å²) >= 11 is 2.76. The molecule has 0 bridgehead atoms. The van der Waals surface area contributed by atoms with Crippen LogP contribution in [-0.2, 0) is 22.4 Å². The smallest absolute Gasteiger partial charge is 0.267 e. The Morgan fingerprint density at radius 3 is 2.54 bits per heavy atom. The highest BCUT2D eigenvalue weighted by Gasteiger charge is 2.23. The van der Waals surface area contributed by atoms with Crippen molar-refractivity contribution in [2.24, 2.45) is 0 Å². The summed E-state index contributed by atoms with van der Waals surface area (Å²) in [6.07, 6.45) is 4.01. The highest BCUT2D eigenvalue weighted by molar-refractivity contribution is 7.99. The van der Waals surface area contributed by atoms with E-state index in [4.69, 9.17) is 14.5 Å². The van der Waals surface area contributed by atoms with Gasteiger partial charge in [0, 0.05) is 17.5 Å². The van der Waals surface area contributed by atoms with Crippen molar-refractivity contribution < 1.29 is 19.1 Å². The highest BCUT2D eigenvalue weighted by Crippen LogP contribution is 2.35. The van der Waals surface area contributed by atoms with Crippen LogP contribution in [0.5, 0.6) is 11.5 Å². The third-order valence-corrected chi connectivity index (χ3v) is 8.54. The second-order valence-corrected chi connectivity index (χ2v) is 11.1. The molecule has 0 fully saturated rings. The Kier molecular flexibility index (Phi) is 7.89. The van der Waals surface area contributed by atoms with Gasteiger partial charge in [0.05, 0.1) is 36.7 Å². The number of fused-ring (bicyclic) bond motifs is 3. The van der Waals surface area contributed by atoms with E-state index in [0.29, 0.717) is 43.9 Å². The van der Waals surface area contributed by atoms with Crippen molar-refractivity contribution in [1.82, 2.24) is 9.55 Å². The van der Waals surface area contributed by atoms with E-state index in [9.17, 15) is 14.4 Å². The number of carbonyl (C=O) groups is 2. The van der Waals surface area contributed by atoms with Crippen LogP contribution in [0.4, 0.5) is 11.4 Å². The largest absolute Gasteiger partial charge is 0.497 e. The Bertz CT molecular complexity index is 1610. The molecular weight excluding hydrogens is 536 g/mol. The van der Waals surface area contributed by atoms with Gasteiger partial charge in [-0.25, -0.2) is 4.98 Å². The summed E-state index contributed by atoms with van der Waals surface area (Å²) in [4.78, 5) is 45.2. The number of nitrogens with zero attached hydrogens (tertiary/aromatic N) is 2. The van der Waals surface area contributed by atoms with Crippen LogP contribution in [0.1, 0.15) is 30.2 Å². The maximum absolute atomic E-state index is 13.9. The van der Waals surface area contributed by atoms with E-state index in [1.807, 2.05) is 12.1 Å². The molecule has 0 radical (unpaired) electrons. The normalized spacial score (nSPS) is 12.6. The van der Waals surface area contributed by atoms with Crippen LogP contribution in [0.2, 0.25) is 0 Å². The molecule has 1 aliphatic rings. The molecule has 2 heterocycles. The number of thiophene rings is 1. The summed E-state index contributed by atoms with van der Waals surface area (Å²) in [5.74, 6) is 0.617. The third-order valence-electron chi connectivity index (χ3n) is 6.42. The lowest BCUT2D eigenvalue weighted by Gasteiger charge is -2.15. The fraction of sp³-hybridized carbons (Fsp3) is 0.286. The molecule has 0 saturated carbocycles. The van der Waals surface area contributed by atoms with Gasteiger partial charge in [-0.1, -0.05) is 11.8 Å². The average molecular weight is 565 g/mol. The molecule has 4 aromatic rings. The molecular formula is C28H28N4O5S2. The first-order valence-electron chi connectivity index (χ1n) is 12.5. The van der Waals surface area contributed by atoms with Crippen molar-refractivity contribution in [2.45, 2.75) is 37.8 Å². The van der Waals surface area contributed by atoms with Crippen molar-refractivity contribution in [3.05, 3.63) is 63.3 Å². The predicted molar refractivity (Wildman–Crippen MR) is 155 cm³/mol. The minimum atomic E-state index is -0.306. The van der Waals surface area contributed by atoms with Gasteiger partial charge in [0.1, 0.15) is 16.3 Å². The summed E-state index contributed by atoms with van der Waals surface area (Å²) in [7, 11) is 3.10. The van der Waals surface area contributed by atoms with Gasteiger partial charge >= 0.3 is 0 Å². The van der Waals surface area contributed by atoms with E-state index < -0.39 is 0 Å². The van der Waals surface area contributed by atoms with E-state index in [-0.39, 0.29) is 23.1 Å². The molecule has 0 unspecified atom stereocenters. The van der Waals surface area contributed by atoms with Crippen LogP contribution in [0.3, 0.4) is 0 Å². The molecule has 0 atom stereocenters. The standard InChI is InChI=1S/C28H28N4O5S2/c1-16(33)29-17-8-13-22(37-3)21(14-17)30-24(34)15-38-28-31-26-25(20-6-4-5-7-23(20)39-26)27(35)32(28)18-9-11-19(36-2)12-10-18/h8-14H,4-7,15H2,1-3H3,(H,29,33)(H,30,34). The minimum Gasteiger partial charge on any atom is -0.497 e. The third kappa shape index (κ3) is 5.64. The number of benzene rings is 2. The lowest BCUT2D eigenvalue weighted by Crippen LogP contribution is -2.23. The molecule has 2 amide bonds. The molecule has 202 valence electrons. The van der Waals surface area contributed by atoms with E-state index in [1.54, 1.807) is 53.3 Å². The van der Waals surface area contributed by atoms with Crippen LogP contribution in [0.15, 0.2) is 52.4 Å². The number of thioether (sulfide) groups is 1. The lowest BCUT2D eigenvalue weighted by atomic mass is 9.97. The molecule has 2 aromatic carbocycles. The Labute approximate surface area is 233 Å². The van der Waals surface area contributed by atoms with Crippen molar-refractivity contribution in [3.63, 3.8) is 0 Å². The van der Waals surface area contributed by atoms with Crippen molar-refractivity contribution in [2.75, 3.05) is 30.6 Å². The van der Waals surface area contributed by atoms with Crippen LogP contribution >= 0.6 is 23.1 Å². The molecule has 5 rings (SSSR count). The fourth-order valence-corrected chi connectivity index (χ4v) is 6.76. The minimum absolute atomic E-state index is 0.00666. The molecule has 0 aliphatic heterocycles. The van der Waals surface area contributed by atoms with Gasteiger partial charge in [-0.3, -0.25) is 19.0 Å². The topological polar surface area (TPSA) is 112 Å². The highest BCUT2D eigenvalue weighted by atomic mass is 32.2. The zero-order valence-corrected chi connectivity index (χ0v) is 23.5.